The predicted octanol–water partition coefficient (Wildman–Crippen LogP) is 4.42. The van der Waals surface area contributed by atoms with Gasteiger partial charge in [-0.2, -0.15) is 5.10 Å². The molecule has 0 saturated heterocycles. The highest BCUT2D eigenvalue weighted by Gasteiger charge is 2.20. The summed E-state index contributed by atoms with van der Waals surface area (Å²) < 4.78 is 2.69. The molecule has 0 radical (unpaired) electrons. The number of halogens is 1. The molecular weight excluding hydrogens is 336 g/mol. The first-order chi connectivity index (χ1) is 9.54. The minimum Gasteiger partial charge on any atom is -0.382 e. The topological polar surface area (TPSA) is 38.1 Å². The Kier molecular flexibility index (Phi) is 5.29. The summed E-state index contributed by atoms with van der Waals surface area (Å²) in [6, 6.07) is 8.27. The summed E-state index contributed by atoms with van der Waals surface area (Å²) in [7, 11) is 0. The van der Waals surface area contributed by atoms with Gasteiger partial charge in [0.05, 0.1) is 16.4 Å². The number of aliphatic hydroxyl groups is 1. The number of benzene rings is 1. The van der Waals surface area contributed by atoms with Gasteiger partial charge in [0.25, 0.3) is 0 Å². The number of aromatic nitrogens is 2. The molecule has 0 amide bonds. The van der Waals surface area contributed by atoms with Crippen molar-refractivity contribution in [3.8, 4) is 0 Å². The van der Waals surface area contributed by atoms with Gasteiger partial charge in [0.15, 0.2) is 0 Å². The van der Waals surface area contributed by atoms with Crippen LogP contribution in [-0.2, 0) is 0 Å². The molecule has 0 bridgehead atoms. The fourth-order valence-electron chi connectivity index (χ4n) is 2.09. The molecule has 1 heterocycles. The SMILES string of the molecule is CCSc1ccc(C(O)c2c(Br)cnn2C(C)C)cc1. The monoisotopic (exact) mass is 354 g/mol. The molecule has 1 aromatic carbocycles. The maximum absolute atomic E-state index is 10.6. The van der Waals surface area contributed by atoms with Crippen LogP contribution in [0.4, 0.5) is 0 Å². The Morgan fingerprint density at radius 1 is 1.30 bits per heavy atom. The Bertz CT molecular complexity index is 566. The first-order valence-corrected chi connectivity index (χ1v) is 8.46. The summed E-state index contributed by atoms with van der Waals surface area (Å²) in [5.74, 6) is 1.05. The van der Waals surface area contributed by atoms with E-state index in [0.29, 0.717) is 0 Å². The Morgan fingerprint density at radius 2 is 1.95 bits per heavy atom. The normalized spacial score (nSPS) is 12.9. The lowest BCUT2D eigenvalue weighted by Crippen LogP contribution is -2.12. The van der Waals surface area contributed by atoms with E-state index in [1.165, 1.54) is 4.90 Å². The van der Waals surface area contributed by atoms with Crippen LogP contribution < -0.4 is 0 Å². The maximum Gasteiger partial charge on any atom is 0.122 e. The third kappa shape index (κ3) is 3.27. The lowest BCUT2D eigenvalue weighted by Gasteiger charge is -2.17. The number of thioether (sulfide) groups is 1. The molecule has 108 valence electrons. The van der Waals surface area contributed by atoms with Crippen molar-refractivity contribution in [3.05, 3.63) is 46.2 Å². The second-order valence-electron chi connectivity index (χ2n) is 4.82. The Balaban J connectivity index is 2.31. The molecule has 0 spiro atoms. The number of rotatable bonds is 5. The van der Waals surface area contributed by atoms with E-state index in [4.69, 9.17) is 0 Å². The van der Waals surface area contributed by atoms with Crippen LogP contribution in [0.1, 0.15) is 44.2 Å². The Morgan fingerprint density at radius 3 is 2.50 bits per heavy atom. The molecule has 0 fully saturated rings. The van der Waals surface area contributed by atoms with Crippen molar-refractivity contribution in [2.45, 2.75) is 37.8 Å². The summed E-state index contributed by atoms with van der Waals surface area (Å²) in [5.41, 5.74) is 1.68. The van der Waals surface area contributed by atoms with Crippen LogP contribution in [0.2, 0.25) is 0 Å². The zero-order valence-corrected chi connectivity index (χ0v) is 14.3. The summed E-state index contributed by atoms with van der Waals surface area (Å²) in [4.78, 5) is 1.22. The molecule has 2 aromatic rings. The first-order valence-electron chi connectivity index (χ1n) is 6.68. The fourth-order valence-corrected chi connectivity index (χ4v) is 3.24. The van der Waals surface area contributed by atoms with Gasteiger partial charge in [-0.3, -0.25) is 4.68 Å². The van der Waals surface area contributed by atoms with Crippen molar-refractivity contribution in [3.63, 3.8) is 0 Å². The van der Waals surface area contributed by atoms with Gasteiger partial charge in [0.2, 0.25) is 0 Å². The highest BCUT2D eigenvalue weighted by atomic mass is 79.9. The van der Waals surface area contributed by atoms with E-state index in [-0.39, 0.29) is 6.04 Å². The minimum atomic E-state index is -0.671. The van der Waals surface area contributed by atoms with Gasteiger partial charge in [-0.05, 0) is 53.2 Å². The molecule has 0 aliphatic carbocycles. The van der Waals surface area contributed by atoms with Gasteiger partial charge in [0, 0.05) is 10.9 Å². The van der Waals surface area contributed by atoms with Crippen LogP contribution in [0.3, 0.4) is 0 Å². The van der Waals surface area contributed by atoms with E-state index < -0.39 is 6.10 Å². The van der Waals surface area contributed by atoms with Crippen LogP contribution in [0.5, 0.6) is 0 Å². The van der Waals surface area contributed by atoms with E-state index in [0.717, 1.165) is 21.5 Å². The average Bonchev–Trinajstić information content (AvgIpc) is 2.81. The Labute approximate surface area is 132 Å². The van der Waals surface area contributed by atoms with Gasteiger partial charge in [-0.25, -0.2) is 0 Å². The van der Waals surface area contributed by atoms with E-state index >= 15 is 0 Å². The molecular formula is C15H19BrN2OS. The smallest absolute Gasteiger partial charge is 0.122 e. The largest absolute Gasteiger partial charge is 0.382 e. The third-order valence-corrected chi connectivity index (χ3v) is 4.55. The van der Waals surface area contributed by atoms with Crippen molar-refractivity contribution in [1.29, 1.82) is 0 Å². The zero-order chi connectivity index (χ0) is 14.7. The van der Waals surface area contributed by atoms with Crippen molar-refractivity contribution in [2.75, 3.05) is 5.75 Å². The van der Waals surface area contributed by atoms with Crippen LogP contribution in [-0.4, -0.2) is 20.6 Å². The number of aliphatic hydroxyl groups excluding tert-OH is 1. The molecule has 1 aromatic heterocycles. The standard InChI is InChI=1S/C15H19BrN2OS/c1-4-20-12-7-5-11(6-8-12)15(19)14-13(16)9-17-18(14)10(2)3/h5-10,15,19H,4H2,1-3H3. The van der Waals surface area contributed by atoms with Gasteiger partial charge >= 0.3 is 0 Å². The van der Waals surface area contributed by atoms with Crippen molar-refractivity contribution in [2.24, 2.45) is 0 Å². The van der Waals surface area contributed by atoms with Gasteiger partial charge < -0.3 is 5.11 Å². The molecule has 2 rings (SSSR count). The summed E-state index contributed by atoms with van der Waals surface area (Å²) >= 11 is 5.27. The van der Waals surface area contributed by atoms with Gasteiger partial charge in [-0.1, -0.05) is 19.1 Å². The Hall–Kier alpha value is -0.780. The third-order valence-electron chi connectivity index (χ3n) is 3.04. The van der Waals surface area contributed by atoms with Crippen LogP contribution >= 0.6 is 27.7 Å². The average molecular weight is 355 g/mol. The van der Waals surface area contributed by atoms with E-state index in [1.807, 2.05) is 16.8 Å². The zero-order valence-electron chi connectivity index (χ0n) is 11.9. The van der Waals surface area contributed by atoms with E-state index in [2.05, 4.69) is 53.9 Å². The molecule has 3 nitrogen and oxygen atoms in total. The molecule has 5 heteroatoms. The van der Waals surface area contributed by atoms with Crippen LogP contribution in [0.15, 0.2) is 39.8 Å². The number of hydrogen-bond donors (Lipinski definition) is 1. The van der Waals surface area contributed by atoms with E-state index in [1.54, 1.807) is 18.0 Å². The van der Waals surface area contributed by atoms with E-state index in [9.17, 15) is 5.11 Å². The lowest BCUT2D eigenvalue weighted by atomic mass is 10.1. The fraction of sp³-hybridized carbons (Fsp3) is 0.400. The summed E-state index contributed by atoms with van der Waals surface area (Å²) in [6.45, 7) is 6.24. The van der Waals surface area contributed by atoms with Crippen LogP contribution in [0, 0.1) is 0 Å². The molecule has 1 atom stereocenters. The quantitative estimate of drug-likeness (QED) is 0.807. The van der Waals surface area contributed by atoms with Crippen molar-refractivity contribution < 1.29 is 5.11 Å². The van der Waals surface area contributed by atoms with Crippen molar-refractivity contribution >= 4 is 27.7 Å². The second-order valence-corrected chi connectivity index (χ2v) is 7.01. The molecule has 20 heavy (non-hydrogen) atoms. The second kappa shape index (κ2) is 6.78. The molecule has 0 aliphatic heterocycles. The minimum absolute atomic E-state index is 0.209. The van der Waals surface area contributed by atoms with Gasteiger partial charge in [0.1, 0.15) is 6.10 Å². The first kappa shape index (κ1) is 15.6. The highest BCUT2D eigenvalue weighted by molar-refractivity contribution is 9.10. The summed E-state index contributed by atoms with van der Waals surface area (Å²) in [6.07, 6.45) is 1.06. The lowest BCUT2D eigenvalue weighted by molar-refractivity contribution is 0.204. The number of nitrogens with zero attached hydrogens (tertiary/aromatic N) is 2. The summed E-state index contributed by atoms with van der Waals surface area (Å²) in [5, 5.41) is 14.9. The van der Waals surface area contributed by atoms with Crippen LogP contribution in [0.25, 0.3) is 0 Å². The molecule has 1 N–H and O–H groups in total. The maximum atomic E-state index is 10.6. The number of hydrogen-bond acceptors (Lipinski definition) is 3. The molecule has 0 saturated carbocycles. The molecule has 0 aliphatic rings. The molecule has 1 unspecified atom stereocenters. The van der Waals surface area contributed by atoms with Gasteiger partial charge in [-0.15, -0.1) is 11.8 Å². The highest BCUT2D eigenvalue weighted by Crippen LogP contribution is 2.31. The predicted molar refractivity (Wildman–Crippen MR) is 87.2 cm³/mol. The van der Waals surface area contributed by atoms with Crippen molar-refractivity contribution in [1.82, 2.24) is 9.78 Å².